The van der Waals surface area contributed by atoms with Crippen molar-refractivity contribution in [2.45, 2.75) is 37.3 Å². The van der Waals surface area contributed by atoms with Crippen LogP contribution in [0.15, 0.2) is 0 Å². The zero-order valence-electron chi connectivity index (χ0n) is 11.9. The lowest BCUT2D eigenvalue weighted by Crippen LogP contribution is -2.65. The first kappa shape index (κ1) is 13.3. The fourth-order valence-corrected chi connectivity index (χ4v) is 3.17. The highest BCUT2D eigenvalue weighted by atomic mass is 16.1. The number of nitrogens with zero attached hydrogens (tertiary/aromatic N) is 2. The van der Waals surface area contributed by atoms with E-state index in [0.717, 1.165) is 45.6 Å². The maximum atomic E-state index is 12.1. The average Bonchev–Trinajstić information content (AvgIpc) is 3.24. The number of hydrogen-bond donors (Lipinski definition) is 2. The first-order valence-electron chi connectivity index (χ1n) is 7.59. The van der Waals surface area contributed by atoms with Gasteiger partial charge in [-0.2, -0.15) is 0 Å². The highest BCUT2D eigenvalue weighted by Crippen LogP contribution is 2.42. The average molecular weight is 266 g/mol. The number of carbonyl (C=O) groups excluding carboxylic acids is 1. The van der Waals surface area contributed by atoms with Crippen LogP contribution in [0.1, 0.15) is 25.7 Å². The van der Waals surface area contributed by atoms with E-state index in [4.69, 9.17) is 5.73 Å². The minimum atomic E-state index is -0.461. The predicted octanol–water partition coefficient (Wildman–Crippen LogP) is -0.380. The first-order valence-corrected chi connectivity index (χ1v) is 7.59. The van der Waals surface area contributed by atoms with Crippen molar-refractivity contribution >= 4 is 5.91 Å². The summed E-state index contributed by atoms with van der Waals surface area (Å²) in [6, 6.07) is 0.528. The van der Waals surface area contributed by atoms with Crippen LogP contribution in [0, 0.1) is 5.92 Å². The lowest BCUT2D eigenvalue weighted by Gasteiger charge is -2.40. The lowest BCUT2D eigenvalue weighted by molar-refractivity contribution is -0.126. The van der Waals surface area contributed by atoms with Gasteiger partial charge in [0, 0.05) is 38.8 Å². The van der Waals surface area contributed by atoms with Crippen LogP contribution < -0.4 is 11.1 Å². The Labute approximate surface area is 115 Å². The quantitative estimate of drug-likeness (QED) is 0.688. The largest absolute Gasteiger partial charge is 0.368 e. The number of primary amides is 1. The zero-order valence-corrected chi connectivity index (χ0v) is 11.9. The molecule has 0 bridgehead atoms. The Morgan fingerprint density at radius 1 is 1.21 bits per heavy atom. The van der Waals surface area contributed by atoms with Crippen molar-refractivity contribution in [2.24, 2.45) is 11.7 Å². The molecule has 0 aromatic heterocycles. The summed E-state index contributed by atoms with van der Waals surface area (Å²) in [7, 11) is 2.15. The predicted molar refractivity (Wildman–Crippen MR) is 74.7 cm³/mol. The molecule has 3 N–H and O–H groups in total. The van der Waals surface area contributed by atoms with E-state index in [-0.39, 0.29) is 5.91 Å². The van der Waals surface area contributed by atoms with Gasteiger partial charge in [-0.1, -0.05) is 0 Å². The zero-order chi connectivity index (χ0) is 13.5. The summed E-state index contributed by atoms with van der Waals surface area (Å²) in [5, 5.41) is 3.59. The molecule has 1 aliphatic heterocycles. The molecule has 0 spiro atoms. The smallest absolute Gasteiger partial charge is 0.239 e. The van der Waals surface area contributed by atoms with E-state index in [9.17, 15) is 4.79 Å². The Morgan fingerprint density at radius 3 is 2.32 bits per heavy atom. The Bertz CT molecular complexity index is 345. The summed E-state index contributed by atoms with van der Waals surface area (Å²) in [6.45, 7) is 5.07. The molecule has 3 fully saturated rings. The molecule has 1 saturated heterocycles. The second-order valence-electron chi connectivity index (χ2n) is 6.61. The van der Waals surface area contributed by atoms with Crippen LogP contribution >= 0.6 is 0 Å². The van der Waals surface area contributed by atoms with Gasteiger partial charge in [-0.05, 0) is 38.6 Å². The van der Waals surface area contributed by atoms with Gasteiger partial charge >= 0.3 is 0 Å². The molecule has 19 heavy (non-hydrogen) atoms. The highest BCUT2D eigenvalue weighted by Gasteiger charge is 2.52. The number of piperazine rings is 1. The number of nitrogens with two attached hydrogens (primary N) is 1. The second-order valence-corrected chi connectivity index (χ2v) is 6.61. The number of carbonyl (C=O) groups is 1. The van der Waals surface area contributed by atoms with Gasteiger partial charge in [0.25, 0.3) is 0 Å². The van der Waals surface area contributed by atoms with Gasteiger partial charge in [-0.15, -0.1) is 0 Å². The second kappa shape index (κ2) is 5.04. The normalized spacial score (nSPS) is 29.1. The van der Waals surface area contributed by atoms with E-state index < -0.39 is 5.54 Å². The SMILES string of the molecule is CN1CCN(CC(NC2CC2)(C(N)=O)C2CC2)CC1. The fourth-order valence-electron chi connectivity index (χ4n) is 3.17. The van der Waals surface area contributed by atoms with Gasteiger partial charge in [0.15, 0.2) is 0 Å². The monoisotopic (exact) mass is 266 g/mol. The summed E-state index contributed by atoms with van der Waals surface area (Å²) in [4.78, 5) is 16.9. The minimum Gasteiger partial charge on any atom is -0.368 e. The van der Waals surface area contributed by atoms with E-state index in [1.54, 1.807) is 0 Å². The van der Waals surface area contributed by atoms with Crippen LogP contribution in [0.3, 0.4) is 0 Å². The molecule has 0 aromatic rings. The molecule has 3 aliphatic rings. The molecule has 0 radical (unpaired) electrons. The lowest BCUT2D eigenvalue weighted by atomic mass is 9.90. The van der Waals surface area contributed by atoms with E-state index >= 15 is 0 Å². The molecule has 2 saturated carbocycles. The van der Waals surface area contributed by atoms with Crippen LogP contribution in [0.2, 0.25) is 0 Å². The van der Waals surface area contributed by atoms with Gasteiger partial charge in [0.1, 0.15) is 5.54 Å². The maximum Gasteiger partial charge on any atom is 0.239 e. The Kier molecular flexibility index (Phi) is 3.53. The Hall–Kier alpha value is -0.650. The molecule has 1 atom stereocenters. The van der Waals surface area contributed by atoms with Crippen LogP contribution in [0.25, 0.3) is 0 Å². The Balaban J connectivity index is 1.68. The van der Waals surface area contributed by atoms with Crippen molar-refractivity contribution in [3.05, 3.63) is 0 Å². The topological polar surface area (TPSA) is 61.6 Å². The molecule has 2 aliphatic carbocycles. The van der Waals surface area contributed by atoms with Crippen LogP contribution in [-0.4, -0.2) is 67.1 Å². The third-order valence-corrected chi connectivity index (χ3v) is 4.82. The number of amides is 1. The minimum absolute atomic E-state index is 0.138. The van der Waals surface area contributed by atoms with Gasteiger partial charge in [-0.25, -0.2) is 0 Å². The van der Waals surface area contributed by atoms with Crippen LogP contribution in [0.5, 0.6) is 0 Å². The number of nitrogens with one attached hydrogen (secondary N) is 1. The van der Waals surface area contributed by atoms with E-state index in [2.05, 4.69) is 22.2 Å². The molecule has 5 heteroatoms. The van der Waals surface area contributed by atoms with Gasteiger partial charge in [-0.3, -0.25) is 15.0 Å². The molecule has 1 heterocycles. The molecule has 3 rings (SSSR count). The van der Waals surface area contributed by atoms with Crippen molar-refractivity contribution in [3.8, 4) is 0 Å². The fraction of sp³-hybridized carbons (Fsp3) is 0.929. The third-order valence-electron chi connectivity index (χ3n) is 4.82. The van der Waals surface area contributed by atoms with Crippen molar-refractivity contribution < 1.29 is 4.79 Å². The number of rotatable bonds is 6. The van der Waals surface area contributed by atoms with Crippen LogP contribution in [-0.2, 0) is 4.79 Å². The summed E-state index contributed by atoms with van der Waals surface area (Å²) in [5.74, 6) is 0.325. The van der Waals surface area contributed by atoms with E-state index in [0.29, 0.717) is 12.0 Å². The van der Waals surface area contributed by atoms with E-state index in [1.165, 1.54) is 12.8 Å². The van der Waals surface area contributed by atoms with Crippen molar-refractivity contribution in [1.29, 1.82) is 0 Å². The summed E-state index contributed by atoms with van der Waals surface area (Å²) >= 11 is 0. The summed E-state index contributed by atoms with van der Waals surface area (Å²) in [6.07, 6.45) is 4.70. The molecule has 108 valence electrons. The van der Waals surface area contributed by atoms with Crippen LogP contribution in [0.4, 0.5) is 0 Å². The molecule has 5 nitrogen and oxygen atoms in total. The Morgan fingerprint density at radius 2 is 1.84 bits per heavy atom. The molecule has 1 unspecified atom stereocenters. The summed E-state index contributed by atoms with van der Waals surface area (Å²) < 4.78 is 0. The van der Waals surface area contributed by atoms with Crippen molar-refractivity contribution in [3.63, 3.8) is 0 Å². The van der Waals surface area contributed by atoms with Gasteiger partial charge in [0.2, 0.25) is 5.91 Å². The molecular formula is C14H26N4O. The third kappa shape index (κ3) is 2.93. The first-order chi connectivity index (χ1) is 9.10. The van der Waals surface area contributed by atoms with Gasteiger partial charge < -0.3 is 10.6 Å². The van der Waals surface area contributed by atoms with Crippen molar-refractivity contribution in [2.75, 3.05) is 39.8 Å². The molecular weight excluding hydrogens is 240 g/mol. The standard InChI is InChI=1S/C14H26N4O/c1-17-6-8-18(9-7-17)10-14(13(15)19,11-2-3-11)16-12-4-5-12/h11-12,16H,2-10H2,1H3,(H2,15,19). The highest BCUT2D eigenvalue weighted by molar-refractivity contribution is 5.86. The number of likely N-dealkylation sites (N-methyl/N-ethyl adjacent to an activating group) is 1. The van der Waals surface area contributed by atoms with Gasteiger partial charge in [0.05, 0.1) is 0 Å². The molecule has 1 amide bonds. The summed E-state index contributed by atoms with van der Waals surface area (Å²) in [5.41, 5.74) is 5.33. The number of hydrogen-bond acceptors (Lipinski definition) is 4. The van der Waals surface area contributed by atoms with Crippen molar-refractivity contribution in [1.82, 2.24) is 15.1 Å². The maximum absolute atomic E-state index is 12.1. The van der Waals surface area contributed by atoms with E-state index in [1.807, 2.05) is 0 Å². The molecule has 0 aromatic carbocycles.